The van der Waals surface area contributed by atoms with Gasteiger partial charge in [-0.1, -0.05) is 23.4 Å². The van der Waals surface area contributed by atoms with Gasteiger partial charge >= 0.3 is 0 Å². The summed E-state index contributed by atoms with van der Waals surface area (Å²) in [7, 11) is 0. The van der Waals surface area contributed by atoms with E-state index >= 15 is 0 Å². The van der Waals surface area contributed by atoms with E-state index in [9.17, 15) is 4.79 Å². The first-order chi connectivity index (χ1) is 13.7. The molecule has 2 aromatic carbocycles. The molecule has 1 amide bonds. The number of nitrogens with two attached hydrogens (primary N) is 1. The molecule has 0 saturated heterocycles. The van der Waals surface area contributed by atoms with Crippen LogP contribution in [-0.4, -0.2) is 34.0 Å². The van der Waals surface area contributed by atoms with E-state index in [2.05, 4.69) is 27.0 Å². The maximum Gasteiger partial charge on any atom is 0.251 e. The van der Waals surface area contributed by atoms with Gasteiger partial charge in [0.25, 0.3) is 5.91 Å². The van der Waals surface area contributed by atoms with E-state index in [1.165, 1.54) is 11.1 Å². The Kier molecular flexibility index (Phi) is 5.45. The molecule has 0 radical (unpaired) electrons. The largest absolute Gasteiger partial charge is 0.348 e. The standard InChI is InChI=1S/C21H24N6O/c22-12-19-14-27(26-25-19)20-3-1-2-15(10-20)13-24-21(28)18-5-4-16-6-8-23-9-7-17(16)11-18/h1-5,10-11,14,23H,6-9,12-13,22H2,(H,24,28). The normalized spacial score (nSPS) is 13.6. The Labute approximate surface area is 163 Å². The van der Waals surface area contributed by atoms with Crippen molar-refractivity contribution in [2.24, 2.45) is 5.73 Å². The van der Waals surface area contributed by atoms with Crippen LogP contribution in [0.25, 0.3) is 5.69 Å². The van der Waals surface area contributed by atoms with Gasteiger partial charge in [0.15, 0.2) is 0 Å². The zero-order chi connectivity index (χ0) is 19.3. The first-order valence-corrected chi connectivity index (χ1v) is 9.54. The molecule has 2 heterocycles. The molecule has 3 aromatic rings. The van der Waals surface area contributed by atoms with Crippen LogP contribution in [0.3, 0.4) is 0 Å². The van der Waals surface area contributed by atoms with E-state index in [1.807, 2.05) is 42.6 Å². The molecule has 0 bridgehead atoms. The van der Waals surface area contributed by atoms with Gasteiger partial charge in [0.05, 0.1) is 17.6 Å². The third-order valence-electron chi connectivity index (χ3n) is 4.99. The molecule has 4 N–H and O–H groups in total. The summed E-state index contributed by atoms with van der Waals surface area (Å²) < 4.78 is 1.69. The number of benzene rings is 2. The fraction of sp³-hybridized carbons (Fsp3) is 0.286. The molecule has 7 nitrogen and oxygen atoms in total. The molecule has 144 valence electrons. The van der Waals surface area contributed by atoms with Crippen LogP contribution < -0.4 is 16.4 Å². The highest BCUT2D eigenvalue weighted by Gasteiger charge is 2.12. The van der Waals surface area contributed by atoms with Crippen molar-refractivity contribution < 1.29 is 4.79 Å². The molecule has 28 heavy (non-hydrogen) atoms. The van der Waals surface area contributed by atoms with Gasteiger partial charge in [0.1, 0.15) is 0 Å². The predicted octanol–water partition coefficient (Wildman–Crippen LogP) is 1.34. The van der Waals surface area contributed by atoms with E-state index in [0.29, 0.717) is 18.7 Å². The van der Waals surface area contributed by atoms with Gasteiger partial charge in [-0.2, -0.15) is 0 Å². The van der Waals surface area contributed by atoms with Gasteiger partial charge in [-0.05, 0) is 66.9 Å². The summed E-state index contributed by atoms with van der Waals surface area (Å²) in [4.78, 5) is 12.6. The number of amides is 1. The summed E-state index contributed by atoms with van der Waals surface area (Å²) in [6.07, 6.45) is 3.78. The third-order valence-corrected chi connectivity index (χ3v) is 4.99. The summed E-state index contributed by atoms with van der Waals surface area (Å²) in [5, 5.41) is 14.5. The first-order valence-electron chi connectivity index (χ1n) is 9.54. The number of nitrogens with zero attached hydrogens (tertiary/aromatic N) is 3. The summed E-state index contributed by atoms with van der Waals surface area (Å²) in [5.74, 6) is -0.0587. The lowest BCUT2D eigenvalue weighted by atomic mass is 10.00. The fourth-order valence-electron chi connectivity index (χ4n) is 3.43. The van der Waals surface area contributed by atoms with E-state index in [1.54, 1.807) is 4.68 Å². The average molecular weight is 376 g/mol. The number of carbonyl (C=O) groups excluding carboxylic acids is 1. The van der Waals surface area contributed by atoms with Crippen LogP contribution in [0.4, 0.5) is 0 Å². The lowest BCUT2D eigenvalue weighted by molar-refractivity contribution is 0.0951. The van der Waals surface area contributed by atoms with Crippen LogP contribution >= 0.6 is 0 Å². The van der Waals surface area contributed by atoms with Crippen molar-refractivity contribution in [3.8, 4) is 5.69 Å². The highest BCUT2D eigenvalue weighted by Crippen LogP contribution is 2.16. The van der Waals surface area contributed by atoms with Gasteiger partial charge in [-0.3, -0.25) is 4.79 Å². The van der Waals surface area contributed by atoms with Crippen LogP contribution in [0.15, 0.2) is 48.7 Å². The molecule has 1 aromatic heterocycles. The number of hydrogen-bond acceptors (Lipinski definition) is 5. The second-order valence-corrected chi connectivity index (χ2v) is 6.94. The lowest BCUT2D eigenvalue weighted by Crippen LogP contribution is -2.23. The van der Waals surface area contributed by atoms with Gasteiger partial charge in [-0.15, -0.1) is 5.10 Å². The number of aromatic nitrogens is 3. The molecular formula is C21H24N6O. The smallest absolute Gasteiger partial charge is 0.251 e. The van der Waals surface area contributed by atoms with Crippen molar-refractivity contribution in [1.29, 1.82) is 0 Å². The highest BCUT2D eigenvalue weighted by atomic mass is 16.1. The van der Waals surface area contributed by atoms with Crippen molar-refractivity contribution >= 4 is 5.91 Å². The van der Waals surface area contributed by atoms with E-state index in [4.69, 9.17) is 5.73 Å². The zero-order valence-electron chi connectivity index (χ0n) is 15.7. The summed E-state index contributed by atoms with van der Waals surface area (Å²) in [5.41, 5.74) is 11.5. The molecule has 0 unspecified atom stereocenters. The molecule has 0 saturated carbocycles. The number of nitrogens with one attached hydrogen (secondary N) is 2. The molecule has 0 aliphatic carbocycles. The van der Waals surface area contributed by atoms with Crippen LogP contribution in [0.1, 0.15) is 32.7 Å². The molecule has 1 aliphatic heterocycles. The molecule has 0 atom stereocenters. The van der Waals surface area contributed by atoms with Gasteiger partial charge in [0.2, 0.25) is 0 Å². The average Bonchev–Trinajstić information content (AvgIpc) is 3.10. The molecule has 4 rings (SSSR count). The minimum atomic E-state index is -0.0587. The Hall–Kier alpha value is -3.03. The zero-order valence-corrected chi connectivity index (χ0v) is 15.7. The Morgan fingerprint density at radius 1 is 1.14 bits per heavy atom. The van der Waals surface area contributed by atoms with E-state index in [0.717, 1.165) is 42.9 Å². The Morgan fingerprint density at radius 2 is 2.00 bits per heavy atom. The molecule has 1 aliphatic rings. The van der Waals surface area contributed by atoms with Crippen LogP contribution in [-0.2, 0) is 25.9 Å². The van der Waals surface area contributed by atoms with Crippen LogP contribution in [0.5, 0.6) is 0 Å². The van der Waals surface area contributed by atoms with Crippen molar-refractivity contribution in [3.63, 3.8) is 0 Å². The van der Waals surface area contributed by atoms with Crippen molar-refractivity contribution in [3.05, 3.63) is 76.6 Å². The second kappa shape index (κ2) is 8.33. The van der Waals surface area contributed by atoms with E-state index < -0.39 is 0 Å². The minimum Gasteiger partial charge on any atom is -0.348 e. The second-order valence-electron chi connectivity index (χ2n) is 6.94. The Bertz CT molecular complexity index is 981. The highest BCUT2D eigenvalue weighted by molar-refractivity contribution is 5.94. The molecule has 7 heteroatoms. The quantitative estimate of drug-likeness (QED) is 0.624. The van der Waals surface area contributed by atoms with Crippen molar-refractivity contribution in [2.75, 3.05) is 13.1 Å². The fourth-order valence-corrected chi connectivity index (χ4v) is 3.43. The summed E-state index contributed by atoms with van der Waals surface area (Å²) >= 11 is 0. The third kappa shape index (κ3) is 4.11. The van der Waals surface area contributed by atoms with Crippen molar-refractivity contribution in [1.82, 2.24) is 25.6 Å². The van der Waals surface area contributed by atoms with Crippen LogP contribution in [0.2, 0.25) is 0 Å². The Morgan fingerprint density at radius 3 is 2.82 bits per heavy atom. The maximum atomic E-state index is 12.6. The topological polar surface area (TPSA) is 97.9 Å². The molecule has 0 fully saturated rings. The van der Waals surface area contributed by atoms with Gasteiger partial charge in [0, 0.05) is 18.7 Å². The molecular weight excluding hydrogens is 352 g/mol. The summed E-state index contributed by atoms with van der Waals surface area (Å²) in [6.45, 7) is 2.75. The molecule has 0 spiro atoms. The first kappa shape index (κ1) is 18.3. The SMILES string of the molecule is NCc1cn(-c2cccc(CNC(=O)c3ccc4c(c3)CCNCC4)c2)nn1. The number of fused-ring (bicyclic) bond motifs is 1. The van der Waals surface area contributed by atoms with Gasteiger partial charge < -0.3 is 16.4 Å². The number of rotatable bonds is 5. The van der Waals surface area contributed by atoms with Gasteiger partial charge in [-0.25, -0.2) is 4.68 Å². The predicted molar refractivity (Wildman–Crippen MR) is 107 cm³/mol. The Balaban J connectivity index is 1.43. The van der Waals surface area contributed by atoms with E-state index in [-0.39, 0.29) is 5.91 Å². The minimum absolute atomic E-state index is 0.0587. The maximum absolute atomic E-state index is 12.6. The monoisotopic (exact) mass is 376 g/mol. The number of carbonyl (C=O) groups is 1. The van der Waals surface area contributed by atoms with Crippen molar-refractivity contribution in [2.45, 2.75) is 25.9 Å². The van der Waals surface area contributed by atoms with Crippen LogP contribution in [0, 0.1) is 0 Å². The lowest BCUT2D eigenvalue weighted by Gasteiger charge is -2.10. The summed E-state index contributed by atoms with van der Waals surface area (Å²) in [6, 6.07) is 13.9. The number of hydrogen-bond donors (Lipinski definition) is 3.